The van der Waals surface area contributed by atoms with Crippen molar-refractivity contribution in [3.63, 3.8) is 0 Å². The van der Waals surface area contributed by atoms with Crippen LogP contribution in [0.25, 0.3) is 0 Å². The molecule has 0 bridgehead atoms. The first-order valence-electron chi connectivity index (χ1n) is 11.2. The number of hydrogen-bond donors (Lipinski definition) is 1. The van der Waals surface area contributed by atoms with Crippen molar-refractivity contribution in [1.29, 1.82) is 0 Å². The van der Waals surface area contributed by atoms with Crippen molar-refractivity contribution in [2.45, 2.75) is 39.8 Å². The van der Waals surface area contributed by atoms with Gasteiger partial charge in [0.2, 0.25) is 5.91 Å². The third kappa shape index (κ3) is 6.52. The van der Waals surface area contributed by atoms with E-state index in [1.165, 1.54) is 0 Å². The van der Waals surface area contributed by atoms with Gasteiger partial charge in [0.25, 0.3) is 0 Å². The molecule has 0 aliphatic rings. The Morgan fingerprint density at radius 3 is 2.33 bits per heavy atom. The molecular formula is C26H31N3O4. The largest absolute Gasteiger partial charge is 0.464 e. The molecule has 0 radical (unpaired) electrons. The van der Waals surface area contributed by atoms with Gasteiger partial charge in [-0.05, 0) is 18.1 Å². The second-order valence-electron chi connectivity index (χ2n) is 7.76. The zero-order valence-corrected chi connectivity index (χ0v) is 19.4. The van der Waals surface area contributed by atoms with Crippen LogP contribution >= 0.6 is 0 Å². The van der Waals surface area contributed by atoms with Gasteiger partial charge in [-0.3, -0.25) is 4.79 Å². The summed E-state index contributed by atoms with van der Waals surface area (Å²) in [5.41, 5.74) is 1.85. The van der Waals surface area contributed by atoms with Gasteiger partial charge in [0.15, 0.2) is 11.9 Å². The highest BCUT2D eigenvalue weighted by Gasteiger charge is 2.27. The van der Waals surface area contributed by atoms with Crippen LogP contribution in [0.15, 0.2) is 66.9 Å². The lowest BCUT2D eigenvalue weighted by molar-refractivity contribution is -0.145. The van der Waals surface area contributed by atoms with E-state index in [4.69, 9.17) is 9.47 Å². The number of hydrogen-bond acceptors (Lipinski definition) is 5. The van der Waals surface area contributed by atoms with Crippen LogP contribution in [0.1, 0.15) is 43.8 Å². The second-order valence-corrected chi connectivity index (χ2v) is 7.76. The summed E-state index contributed by atoms with van der Waals surface area (Å²) >= 11 is 0. The first-order chi connectivity index (χ1) is 16.0. The van der Waals surface area contributed by atoms with Crippen LogP contribution in [0, 0.1) is 5.92 Å². The first-order valence-corrected chi connectivity index (χ1v) is 11.2. The van der Waals surface area contributed by atoms with Crippen LogP contribution in [0.3, 0.4) is 0 Å². The highest BCUT2D eigenvalue weighted by atomic mass is 16.5. The molecule has 1 amide bonds. The highest BCUT2D eigenvalue weighted by Crippen LogP contribution is 2.24. The first kappa shape index (κ1) is 24.2. The number of ether oxygens (including phenoxy) is 2. The summed E-state index contributed by atoms with van der Waals surface area (Å²) in [5, 5.41) is 2.86. The van der Waals surface area contributed by atoms with Gasteiger partial charge >= 0.3 is 5.97 Å². The maximum absolute atomic E-state index is 12.8. The van der Waals surface area contributed by atoms with E-state index in [1.54, 1.807) is 17.7 Å². The molecule has 0 fully saturated rings. The lowest BCUT2D eigenvalue weighted by atomic mass is 10.1. The van der Waals surface area contributed by atoms with Gasteiger partial charge in [-0.2, -0.15) is 0 Å². The van der Waals surface area contributed by atoms with Crippen molar-refractivity contribution >= 4 is 17.7 Å². The predicted octanol–water partition coefficient (Wildman–Crippen LogP) is 4.39. The van der Waals surface area contributed by atoms with Crippen molar-refractivity contribution in [2.24, 2.45) is 5.92 Å². The summed E-state index contributed by atoms with van der Waals surface area (Å²) in [5.74, 6) is 0.162. The molecule has 0 saturated carbocycles. The quantitative estimate of drug-likeness (QED) is 0.439. The second kappa shape index (κ2) is 12.0. The third-order valence-corrected chi connectivity index (χ3v) is 5.21. The van der Waals surface area contributed by atoms with Crippen molar-refractivity contribution in [1.82, 2.24) is 9.55 Å². The minimum atomic E-state index is -0.675. The number of aryl methyl sites for hydroxylation is 1. The molecule has 0 aliphatic heterocycles. The number of amides is 1. The summed E-state index contributed by atoms with van der Waals surface area (Å²) in [7, 11) is 0. The SMILES string of the molecule is CCOC(=O)C(c1ccccc1)n1cc(NC(=O)C(C)COCc2ccccc2)nc1CC. The number of esters is 1. The minimum absolute atomic E-state index is 0.192. The fourth-order valence-electron chi connectivity index (χ4n) is 3.50. The lowest BCUT2D eigenvalue weighted by Gasteiger charge is -2.19. The average Bonchev–Trinajstić information content (AvgIpc) is 3.22. The van der Waals surface area contributed by atoms with Crippen LogP contribution in [0.2, 0.25) is 0 Å². The maximum Gasteiger partial charge on any atom is 0.333 e. The van der Waals surface area contributed by atoms with Gasteiger partial charge in [-0.25, -0.2) is 9.78 Å². The number of carbonyl (C=O) groups is 2. The summed E-state index contributed by atoms with van der Waals surface area (Å²) in [6.07, 6.45) is 2.29. The van der Waals surface area contributed by atoms with E-state index >= 15 is 0 Å². The van der Waals surface area contributed by atoms with Crippen molar-refractivity contribution < 1.29 is 19.1 Å². The normalized spacial score (nSPS) is 12.7. The van der Waals surface area contributed by atoms with E-state index < -0.39 is 6.04 Å². The molecule has 3 aromatic rings. The molecule has 33 heavy (non-hydrogen) atoms. The van der Waals surface area contributed by atoms with Gasteiger partial charge in [-0.1, -0.05) is 74.5 Å². The maximum atomic E-state index is 12.8. The molecule has 1 aromatic heterocycles. The summed E-state index contributed by atoms with van der Waals surface area (Å²) < 4.78 is 12.8. The van der Waals surface area contributed by atoms with Gasteiger partial charge in [0.05, 0.1) is 25.7 Å². The molecule has 3 rings (SSSR count). The Bertz CT molecular complexity index is 1030. The molecule has 0 aliphatic carbocycles. The Kier molecular flexibility index (Phi) is 8.78. The Labute approximate surface area is 194 Å². The fraction of sp³-hybridized carbons (Fsp3) is 0.346. The zero-order valence-electron chi connectivity index (χ0n) is 19.4. The van der Waals surface area contributed by atoms with Gasteiger partial charge in [0.1, 0.15) is 5.82 Å². The van der Waals surface area contributed by atoms with E-state index in [-0.39, 0.29) is 31.0 Å². The van der Waals surface area contributed by atoms with Gasteiger partial charge < -0.3 is 19.4 Å². The number of benzene rings is 2. The predicted molar refractivity (Wildman–Crippen MR) is 127 cm³/mol. The van der Waals surface area contributed by atoms with Crippen LogP contribution in [-0.4, -0.2) is 34.6 Å². The van der Waals surface area contributed by atoms with Crippen LogP contribution in [0.4, 0.5) is 5.82 Å². The Hall–Kier alpha value is -3.45. The topological polar surface area (TPSA) is 82.5 Å². The molecular weight excluding hydrogens is 418 g/mol. The van der Waals surface area contributed by atoms with Gasteiger partial charge in [-0.15, -0.1) is 0 Å². The smallest absolute Gasteiger partial charge is 0.333 e. The molecule has 174 valence electrons. The van der Waals surface area contributed by atoms with E-state index in [2.05, 4.69) is 10.3 Å². The monoisotopic (exact) mass is 449 g/mol. The van der Waals surface area contributed by atoms with Crippen molar-refractivity contribution in [3.05, 3.63) is 83.8 Å². The Balaban J connectivity index is 1.71. The highest BCUT2D eigenvalue weighted by molar-refractivity contribution is 5.91. The van der Waals surface area contributed by atoms with Crippen LogP contribution in [0.5, 0.6) is 0 Å². The van der Waals surface area contributed by atoms with E-state index in [9.17, 15) is 9.59 Å². The fourth-order valence-corrected chi connectivity index (χ4v) is 3.50. The molecule has 7 nitrogen and oxygen atoms in total. The Morgan fingerprint density at radius 1 is 1.03 bits per heavy atom. The standard InChI is InChI=1S/C26H31N3O4/c1-4-23-27-22(28-25(30)19(3)17-32-18-20-12-8-6-9-13-20)16-29(23)24(26(31)33-5-2)21-14-10-7-11-15-21/h6-16,19,24H,4-5,17-18H2,1-3H3,(H,28,30). The number of imidazole rings is 1. The lowest BCUT2D eigenvalue weighted by Crippen LogP contribution is -2.25. The van der Waals surface area contributed by atoms with E-state index in [0.29, 0.717) is 24.7 Å². The van der Waals surface area contributed by atoms with Crippen molar-refractivity contribution in [3.8, 4) is 0 Å². The zero-order chi connectivity index (χ0) is 23.6. The van der Waals surface area contributed by atoms with E-state index in [0.717, 1.165) is 11.1 Å². The van der Waals surface area contributed by atoms with Crippen molar-refractivity contribution in [2.75, 3.05) is 18.5 Å². The third-order valence-electron chi connectivity index (χ3n) is 5.21. The molecule has 1 heterocycles. The number of nitrogens with one attached hydrogen (secondary N) is 1. The molecule has 0 spiro atoms. The van der Waals surface area contributed by atoms with Crippen LogP contribution < -0.4 is 5.32 Å². The Morgan fingerprint density at radius 2 is 1.70 bits per heavy atom. The van der Waals surface area contributed by atoms with E-state index in [1.807, 2.05) is 74.5 Å². The number of carbonyl (C=O) groups excluding carboxylic acids is 2. The molecule has 2 unspecified atom stereocenters. The number of anilines is 1. The number of aromatic nitrogens is 2. The summed E-state index contributed by atoms with van der Waals surface area (Å²) in [6, 6.07) is 18.6. The molecule has 1 N–H and O–H groups in total. The number of rotatable bonds is 11. The van der Waals surface area contributed by atoms with Crippen LogP contribution in [-0.2, 0) is 32.1 Å². The molecule has 2 atom stereocenters. The average molecular weight is 450 g/mol. The summed E-state index contributed by atoms with van der Waals surface area (Å²) in [4.78, 5) is 30.1. The molecule has 2 aromatic carbocycles. The summed E-state index contributed by atoms with van der Waals surface area (Å²) in [6.45, 7) is 6.56. The minimum Gasteiger partial charge on any atom is -0.464 e. The van der Waals surface area contributed by atoms with Gasteiger partial charge in [0, 0.05) is 12.6 Å². The molecule has 7 heteroatoms. The number of nitrogens with zero attached hydrogens (tertiary/aromatic N) is 2. The molecule has 0 saturated heterocycles.